The minimum Gasteiger partial charge on any atom is -0.468 e. The van der Waals surface area contributed by atoms with Gasteiger partial charge in [0.25, 0.3) is 0 Å². The number of ether oxygens (including phenoxy) is 1. The van der Waals surface area contributed by atoms with Gasteiger partial charge in [-0.3, -0.25) is 9.59 Å². The Hall–Kier alpha value is -1.59. The molecule has 5 nitrogen and oxygen atoms in total. The Kier molecular flexibility index (Phi) is 9.41. The maximum atomic E-state index is 11.9. The van der Waals surface area contributed by atoms with Crippen LogP contribution in [0.4, 0.5) is 0 Å². The van der Waals surface area contributed by atoms with Crippen molar-refractivity contribution in [3.8, 4) is 0 Å². The second-order valence-corrected chi connectivity index (χ2v) is 4.16. The van der Waals surface area contributed by atoms with E-state index in [9.17, 15) is 9.59 Å². The minimum atomic E-state index is -0.405. The molecule has 0 aliphatic heterocycles. The lowest BCUT2D eigenvalue weighted by Gasteiger charge is -2.21. The molecule has 0 aliphatic rings. The number of nitrogens with zero attached hydrogens (tertiary/aromatic N) is 1. The van der Waals surface area contributed by atoms with Gasteiger partial charge < -0.3 is 15.0 Å². The number of carbonyl (C=O) groups excluding carboxylic acids is 2. The second kappa shape index (κ2) is 10.2. The summed E-state index contributed by atoms with van der Waals surface area (Å²) in [5.74, 6) is -0.513. The quantitative estimate of drug-likeness (QED) is 0.759. The first-order valence-corrected chi connectivity index (χ1v) is 6.20. The van der Waals surface area contributed by atoms with E-state index in [1.165, 1.54) is 12.0 Å². The number of carbonyl (C=O) groups is 2. The zero-order chi connectivity index (χ0) is 14.1. The van der Waals surface area contributed by atoms with E-state index in [-0.39, 0.29) is 31.4 Å². The van der Waals surface area contributed by atoms with E-state index in [1.807, 2.05) is 30.3 Å². The molecule has 0 aromatic heterocycles. The largest absolute Gasteiger partial charge is 0.468 e. The van der Waals surface area contributed by atoms with Crippen LogP contribution < -0.4 is 5.32 Å². The first kappa shape index (κ1) is 18.4. The predicted molar refractivity (Wildman–Crippen MR) is 79.9 cm³/mol. The number of likely N-dealkylation sites (N-methyl/N-ethyl adjacent to an activating group) is 1. The molecule has 1 amide bonds. The average molecular weight is 301 g/mol. The summed E-state index contributed by atoms with van der Waals surface area (Å²) < 4.78 is 4.61. The van der Waals surface area contributed by atoms with Gasteiger partial charge in [0.2, 0.25) is 5.91 Å². The first-order valence-electron chi connectivity index (χ1n) is 6.20. The second-order valence-electron chi connectivity index (χ2n) is 4.16. The number of methoxy groups -OCH3 is 1. The minimum absolute atomic E-state index is 0. The summed E-state index contributed by atoms with van der Waals surface area (Å²) in [5.41, 5.74) is 1.13. The Morgan fingerprint density at radius 2 is 1.90 bits per heavy atom. The van der Waals surface area contributed by atoms with E-state index in [0.717, 1.165) is 5.56 Å². The maximum Gasteiger partial charge on any atom is 0.325 e. The topological polar surface area (TPSA) is 58.6 Å². The number of benzene rings is 1. The number of nitrogens with one attached hydrogen (secondary N) is 1. The van der Waals surface area contributed by atoms with Crippen molar-refractivity contribution in [1.82, 2.24) is 10.2 Å². The lowest BCUT2D eigenvalue weighted by atomic mass is 10.1. The van der Waals surface area contributed by atoms with Gasteiger partial charge >= 0.3 is 5.97 Å². The number of hydrogen-bond donors (Lipinski definition) is 1. The van der Waals surface area contributed by atoms with Crippen molar-refractivity contribution in [2.75, 3.05) is 33.8 Å². The van der Waals surface area contributed by atoms with Crippen molar-refractivity contribution in [2.24, 2.45) is 0 Å². The molecule has 0 atom stereocenters. The van der Waals surface area contributed by atoms with E-state index in [2.05, 4.69) is 10.1 Å². The van der Waals surface area contributed by atoms with E-state index >= 15 is 0 Å². The zero-order valence-electron chi connectivity index (χ0n) is 11.8. The van der Waals surface area contributed by atoms with E-state index in [0.29, 0.717) is 13.0 Å². The number of halogens is 1. The van der Waals surface area contributed by atoms with Crippen LogP contribution in [0.2, 0.25) is 0 Å². The van der Waals surface area contributed by atoms with Crippen molar-refractivity contribution >= 4 is 24.3 Å². The fourth-order valence-corrected chi connectivity index (χ4v) is 1.68. The highest BCUT2D eigenvalue weighted by molar-refractivity contribution is 5.85. The normalized spacial score (nSPS) is 9.50. The SMILES string of the molecule is CNCC(=O)N(CCc1ccccc1)CC(=O)OC.Cl. The van der Waals surface area contributed by atoms with Gasteiger partial charge in [0.1, 0.15) is 6.54 Å². The van der Waals surface area contributed by atoms with Gasteiger partial charge in [-0.1, -0.05) is 30.3 Å². The Labute approximate surface area is 125 Å². The van der Waals surface area contributed by atoms with Crippen LogP contribution in [-0.2, 0) is 20.7 Å². The summed E-state index contributed by atoms with van der Waals surface area (Å²) in [5, 5.41) is 2.79. The van der Waals surface area contributed by atoms with Gasteiger partial charge in [0.15, 0.2) is 0 Å². The van der Waals surface area contributed by atoms with Crippen molar-refractivity contribution in [3.63, 3.8) is 0 Å². The summed E-state index contributed by atoms with van der Waals surface area (Å²) in [6, 6.07) is 9.85. The molecule has 0 spiro atoms. The third-order valence-corrected chi connectivity index (χ3v) is 2.74. The maximum absolute atomic E-state index is 11.9. The smallest absolute Gasteiger partial charge is 0.325 e. The summed E-state index contributed by atoms with van der Waals surface area (Å²) in [4.78, 5) is 24.7. The molecule has 1 aromatic carbocycles. The lowest BCUT2D eigenvalue weighted by Crippen LogP contribution is -2.41. The molecule has 112 valence electrons. The molecular weight excluding hydrogens is 280 g/mol. The highest BCUT2D eigenvalue weighted by Gasteiger charge is 2.16. The standard InChI is InChI=1S/C14H20N2O3.ClH/c1-15-10-13(17)16(11-14(18)19-2)9-8-12-6-4-3-5-7-12;/h3-7,15H,8-11H2,1-2H3;1H. The van der Waals surface area contributed by atoms with Crippen LogP contribution >= 0.6 is 12.4 Å². The van der Waals surface area contributed by atoms with E-state index in [4.69, 9.17) is 0 Å². The van der Waals surface area contributed by atoms with Crippen molar-refractivity contribution < 1.29 is 14.3 Å². The summed E-state index contributed by atoms with van der Waals surface area (Å²) >= 11 is 0. The molecule has 20 heavy (non-hydrogen) atoms. The molecule has 0 fully saturated rings. The van der Waals surface area contributed by atoms with Gasteiger partial charge in [-0.25, -0.2) is 0 Å². The number of hydrogen-bond acceptors (Lipinski definition) is 4. The molecule has 0 bridgehead atoms. The summed E-state index contributed by atoms with van der Waals surface area (Å²) in [6.07, 6.45) is 0.716. The molecule has 0 saturated heterocycles. The van der Waals surface area contributed by atoms with Gasteiger partial charge in [-0.05, 0) is 19.0 Å². The summed E-state index contributed by atoms with van der Waals surface area (Å²) in [7, 11) is 3.02. The number of amides is 1. The average Bonchev–Trinajstić information content (AvgIpc) is 2.44. The van der Waals surface area contributed by atoms with Gasteiger partial charge in [-0.15, -0.1) is 12.4 Å². The van der Waals surface area contributed by atoms with Crippen LogP contribution in [0, 0.1) is 0 Å². The van der Waals surface area contributed by atoms with Gasteiger partial charge in [-0.2, -0.15) is 0 Å². The molecule has 6 heteroatoms. The molecule has 1 aromatic rings. The zero-order valence-corrected chi connectivity index (χ0v) is 12.6. The molecule has 1 rings (SSSR count). The molecule has 0 aliphatic carbocycles. The molecule has 0 saturated carbocycles. The first-order chi connectivity index (χ1) is 9.17. The van der Waals surface area contributed by atoms with Crippen LogP contribution in [0.5, 0.6) is 0 Å². The highest BCUT2D eigenvalue weighted by atomic mass is 35.5. The highest BCUT2D eigenvalue weighted by Crippen LogP contribution is 2.02. The van der Waals surface area contributed by atoms with Crippen molar-refractivity contribution in [1.29, 1.82) is 0 Å². The fraction of sp³-hybridized carbons (Fsp3) is 0.429. The van der Waals surface area contributed by atoms with Crippen LogP contribution in [-0.4, -0.2) is 50.6 Å². The monoisotopic (exact) mass is 300 g/mol. The Morgan fingerprint density at radius 1 is 1.25 bits per heavy atom. The predicted octanol–water partition coefficient (Wildman–Crippen LogP) is 0.872. The van der Waals surface area contributed by atoms with Gasteiger partial charge in [0, 0.05) is 6.54 Å². The van der Waals surface area contributed by atoms with Crippen LogP contribution in [0.25, 0.3) is 0 Å². The number of rotatable bonds is 7. The molecule has 0 unspecified atom stereocenters. The Morgan fingerprint density at radius 3 is 2.45 bits per heavy atom. The van der Waals surface area contributed by atoms with Crippen molar-refractivity contribution in [2.45, 2.75) is 6.42 Å². The molecule has 0 radical (unpaired) electrons. The third kappa shape index (κ3) is 6.54. The molecule has 0 heterocycles. The Bertz CT molecular complexity index is 412. The molecular formula is C14H21ClN2O3. The van der Waals surface area contributed by atoms with E-state index in [1.54, 1.807) is 7.05 Å². The fourth-order valence-electron chi connectivity index (χ4n) is 1.68. The lowest BCUT2D eigenvalue weighted by molar-refractivity contribution is -0.146. The van der Waals surface area contributed by atoms with Crippen LogP contribution in [0.15, 0.2) is 30.3 Å². The van der Waals surface area contributed by atoms with Crippen LogP contribution in [0.3, 0.4) is 0 Å². The Balaban J connectivity index is 0.00000361. The number of esters is 1. The van der Waals surface area contributed by atoms with Gasteiger partial charge in [0.05, 0.1) is 13.7 Å². The molecule has 1 N–H and O–H groups in total. The van der Waals surface area contributed by atoms with Crippen LogP contribution in [0.1, 0.15) is 5.56 Å². The van der Waals surface area contributed by atoms with Crippen molar-refractivity contribution in [3.05, 3.63) is 35.9 Å². The third-order valence-electron chi connectivity index (χ3n) is 2.74. The summed E-state index contributed by atoms with van der Waals surface area (Å²) in [6.45, 7) is 0.704. The van der Waals surface area contributed by atoms with E-state index < -0.39 is 5.97 Å².